The van der Waals surface area contributed by atoms with E-state index < -0.39 is 0 Å². The SMILES string of the molecule is CCN=C(N)CC(C)OC. The van der Waals surface area contributed by atoms with Crippen LogP contribution in [-0.4, -0.2) is 25.6 Å². The first-order chi connectivity index (χ1) is 4.70. The van der Waals surface area contributed by atoms with Crippen molar-refractivity contribution in [1.29, 1.82) is 0 Å². The van der Waals surface area contributed by atoms with E-state index in [2.05, 4.69) is 4.99 Å². The van der Waals surface area contributed by atoms with Gasteiger partial charge in [0.15, 0.2) is 0 Å². The van der Waals surface area contributed by atoms with Gasteiger partial charge in [0.05, 0.1) is 11.9 Å². The third-order valence-corrected chi connectivity index (χ3v) is 1.26. The number of ether oxygens (including phenoxy) is 1. The Morgan fingerprint density at radius 2 is 2.30 bits per heavy atom. The Kier molecular flexibility index (Phi) is 4.94. The van der Waals surface area contributed by atoms with Gasteiger partial charge in [-0.05, 0) is 13.8 Å². The molecule has 0 aliphatic heterocycles. The first-order valence-corrected chi connectivity index (χ1v) is 3.52. The maximum Gasteiger partial charge on any atom is 0.0962 e. The molecule has 0 aliphatic carbocycles. The molecule has 0 aliphatic rings. The molecule has 0 aromatic rings. The van der Waals surface area contributed by atoms with E-state index in [0.717, 1.165) is 13.0 Å². The summed E-state index contributed by atoms with van der Waals surface area (Å²) < 4.78 is 5.01. The second-order valence-electron chi connectivity index (χ2n) is 2.22. The van der Waals surface area contributed by atoms with Gasteiger partial charge in [-0.15, -0.1) is 0 Å². The average molecular weight is 144 g/mol. The quantitative estimate of drug-likeness (QED) is 0.468. The second kappa shape index (κ2) is 5.23. The van der Waals surface area contributed by atoms with Gasteiger partial charge in [0.1, 0.15) is 0 Å². The van der Waals surface area contributed by atoms with Crippen molar-refractivity contribution in [3.05, 3.63) is 0 Å². The van der Waals surface area contributed by atoms with Crippen LogP contribution in [0.15, 0.2) is 4.99 Å². The standard InChI is InChI=1S/C7H16N2O/c1-4-9-7(8)5-6(2)10-3/h6H,4-5H2,1-3H3,(H2,8,9). The predicted octanol–water partition coefficient (Wildman–Crippen LogP) is 0.788. The molecule has 0 saturated carbocycles. The molecule has 0 rings (SSSR count). The zero-order valence-electron chi connectivity index (χ0n) is 6.92. The molecule has 0 aromatic carbocycles. The van der Waals surface area contributed by atoms with Crippen molar-refractivity contribution in [1.82, 2.24) is 0 Å². The number of amidine groups is 1. The van der Waals surface area contributed by atoms with Crippen molar-refractivity contribution < 1.29 is 4.74 Å². The molecule has 10 heavy (non-hydrogen) atoms. The molecule has 0 bridgehead atoms. The van der Waals surface area contributed by atoms with Crippen LogP contribution < -0.4 is 5.73 Å². The van der Waals surface area contributed by atoms with Gasteiger partial charge in [0, 0.05) is 20.1 Å². The molecule has 0 spiro atoms. The molecule has 1 unspecified atom stereocenters. The monoisotopic (exact) mass is 144 g/mol. The summed E-state index contributed by atoms with van der Waals surface area (Å²) in [4.78, 5) is 4.03. The first kappa shape index (κ1) is 9.43. The summed E-state index contributed by atoms with van der Waals surface area (Å²) in [6.45, 7) is 4.69. The molecule has 3 nitrogen and oxygen atoms in total. The zero-order valence-corrected chi connectivity index (χ0v) is 6.92. The summed E-state index contributed by atoms with van der Waals surface area (Å²) in [5, 5.41) is 0. The van der Waals surface area contributed by atoms with Crippen molar-refractivity contribution in [3.8, 4) is 0 Å². The Bertz CT molecular complexity index is 112. The number of aliphatic imine (C=N–C) groups is 1. The molecular formula is C7H16N2O. The van der Waals surface area contributed by atoms with E-state index in [-0.39, 0.29) is 6.10 Å². The average Bonchev–Trinajstić information content (AvgIpc) is 1.88. The third-order valence-electron chi connectivity index (χ3n) is 1.26. The van der Waals surface area contributed by atoms with E-state index >= 15 is 0 Å². The van der Waals surface area contributed by atoms with Crippen LogP contribution in [0.4, 0.5) is 0 Å². The molecule has 0 aromatic heterocycles. The van der Waals surface area contributed by atoms with Crippen LogP contribution in [0.3, 0.4) is 0 Å². The highest BCUT2D eigenvalue weighted by atomic mass is 16.5. The fourth-order valence-corrected chi connectivity index (χ4v) is 0.645. The van der Waals surface area contributed by atoms with Crippen molar-refractivity contribution in [2.24, 2.45) is 10.7 Å². The lowest BCUT2D eigenvalue weighted by atomic mass is 10.3. The van der Waals surface area contributed by atoms with Gasteiger partial charge in [-0.3, -0.25) is 4.99 Å². The molecule has 60 valence electrons. The number of methoxy groups -OCH3 is 1. The summed E-state index contributed by atoms with van der Waals surface area (Å²) in [5.74, 6) is 0.678. The smallest absolute Gasteiger partial charge is 0.0962 e. The van der Waals surface area contributed by atoms with Crippen molar-refractivity contribution in [3.63, 3.8) is 0 Å². The Labute approximate surface area is 62.3 Å². The normalized spacial score (nSPS) is 15.3. The van der Waals surface area contributed by atoms with Gasteiger partial charge in [-0.25, -0.2) is 0 Å². The molecule has 0 radical (unpaired) electrons. The first-order valence-electron chi connectivity index (χ1n) is 3.52. The summed E-state index contributed by atoms with van der Waals surface area (Å²) >= 11 is 0. The van der Waals surface area contributed by atoms with E-state index in [1.807, 2.05) is 13.8 Å². The van der Waals surface area contributed by atoms with Gasteiger partial charge in [0.25, 0.3) is 0 Å². The minimum Gasteiger partial charge on any atom is -0.387 e. The predicted molar refractivity (Wildman–Crippen MR) is 43.3 cm³/mol. The highest BCUT2D eigenvalue weighted by Crippen LogP contribution is 1.94. The largest absolute Gasteiger partial charge is 0.387 e. The number of hydrogen-bond donors (Lipinski definition) is 1. The lowest BCUT2D eigenvalue weighted by Gasteiger charge is -2.07. The Balaban J connectivity index is 3.56. The molecule has 0 heterocycles. The lowest BCUT2D eigenvalue weighted by Crippen LogP contribution is -2.19. The van der Waals surface area contributed by atoms with Crippen molar-refractivity contribution in [2.75, 3.05) is 13.7 Å². The van der Waals surface area contributed by atoms with E-state index in [9.17, 15) is 0 Å². The fourth-order valence-electron chi connectivity index (χ4n) is 0.645. The molecule has 0 saturated heterocycles. The molecular weight excluding hydrogens is 128 g/mol. The van der Waals surface area contributed by atoms with Gasteiger partial charge in [0.2, 0.25) is 0 Å². The van der Waals surface area contributed by atoms with E-state index in [4.69, 9.17) is 10.5 Å². The van der Waals surface area contributed by atoms with Crippen LogP contribution in [0.5, 0.6) is 0 Å². The second-order valence-corrected chi connectivity index (χ2v) is 2.22. The fraction of sp³-hybridized carbons (Fsp3) is 0.857. The zero-order chi connectivity index (χ0) is 7.98. The Hall–Kier alpha value is -0.570. The third kappa shape index (κ3) is 4.32. The maximum atomic E-state index is 5.53. The molecule has 0 amide bonds. The van der Waals surface area contributed by atoms with Crippen LogP contribution in [0.25, 0.3) is 0 Å². The maximum absolute atomic E-state index is 5.53. The van der Waals surface area contributed by atoms with E-state index in [1.54, 1.807) is 7.11 Å². The molecule has 2 N–H and O–H groups in total. The molecule has 1 atom stereocenters. The van der Waals surface area contributed by atoms with Crippen molar-refractivity contribution >= 4 is 5.84 Å². The lowest BCUT2D eigenvalue weighted by molar-refractivity contribution is 0.124. The van der Waals surface area contributed by atoms with Gasteiger partial charge in [-0.2, -0.15) is 0 Å². The number of hydrogen-bond acceptors (Lipinski definition) is 2. The van der Waals surface area contributed by atoms with Crippen LogP contribution in [-0.2, 0) is 4.74 Å². The van der Waals surface area contributed by atoms with Crippen LogP contribution in [0.2, 0.25) is 0 Å². The van der Waals surface area contributed by atoms with E-state index in [1.165, 1.54) is 0 Å². The minimum atomic E-state index is 0.176. The van der Waals surface area contributed by atoms with Crippen LogP contribution >= 0.6 is 0 Å². The van der Waals surface area contributed by atoms with E-state index in [0.29, 0.717) is 5.84 Å². The summed E-state index contributed by atoms with van der Waals surface area (Å²) in [7, 11) is 1.67. The minimum absolute atomic E-state index is 0.176. The van der Waals surface area contributed by atoms with Crippen molar-refractivity contribution in [2.45, 2.75) is 26.4 Å². The topological polar surface area (TPSA) is 47.6 Å². The number of rotatable bonds is 4. The Morgan fingerprint density at radius 1 is 1.70 bits per heavy atom. The van der Waals surface area contributed by atoms with Crippen LogP contribution in [0, 0.1) is 0 Å². The summed E-state index contributed by atoms with van der Waals surface area (Å²) in [6, 6.07) is 0. The summed E-state index contributed by atoms with van der Waals surface area (Å²) in [5.41, 5.74) is 5.53. The Morgan fingerprint density at radius 3 is 2.70 bits per heavy atom. The van der Waals surface area contributed by atoms with Gasteiger partial charge >= 0.3 is 0 Å². The molecule has 0 fully saturated rings. The highest BCUT2D eigenvalue weighted by molar-refractivity contribution is 5.80. The highest BCUT2D eigenvalue weighted by Gasteiger charge is 2.00. The van der Waals surface area contributed by atoms with Gasteiger partial charge in [-0.1, -0.05) is 0 Å². The van der Waals surface area contributed by atoms with Gasteiger partial charge < -0.3 is 10.5 Å². The number of nitrogens with zero attached hydrogens (tertiary/aromatic N) is 1. The molecule has 3 heteroatoms. The summed E-state index contributed by atoms with van der Waals surface area (Å²) in [6.07, 6.45) is 0.903. The number of nitrogens with two attached hydrogens (primary N) is 1. The van der Waals surface area contributed by atoms with Crippen LogP contribution in [0.1, 0.15) is 20.3 Å².